The fourth-order valence-corrected chi connectivity index (χ4v) is 2.69. The first kappa shape index (κ1) is 20.2. The molecule has 0 N–H and O–H groups in total. The molecule has 8 heteroatoms. The van der Waals surface area contributed by atoms with Gasteiger partial charge >= 0.3 is 0 Å². The van der Waals surface area contributed by atoms with Crippen molar-refractivity contribution in [3.8, 4) is 0 Å². The molecule has 2 rings (SSSR count). The van der Waals surface area contributed by atoms with Crippen LogP contribution in [0.3, 0.4) is 0 Å². The molecule has 0 atom stereocenters. The lowest BCUT2D eigenvalue weighted by molar-refractivity contribution is -0.385. The Balaban J connectivity index is 0.000000240. The molecule has 2 aromatic carbocycles. The molecule has 0 saturated carbocycles. The molecule has 24 heavy (non-hydrogen) atoms. The molecule has 0 amide bonds. The number of benzene rings is 2. The second-order valence-corrected chi connectivity index (χ2v) is 7.00. The van der Waals surface area contributed by atoms with E-state index >= 15 is 0 Å². The summed E-state index contributed by atoms with van der Waals surface area (Å²) in [5.74, 6) is 0. The summed E-state index contributed by atoms with van der Waals surface area (Å²) in [6, 6.07) is 6.65. The molecule has 0 spiro atoms. The zero-order valence-corrected chi connectivity index (χ0v) is 16.8. The lowest BCUT2D eigenvalue weighted by Gasteiger charge is -2.00. The average molecular weight is 460 g/mol. The summed E-state index contributed by atoms with van der Waals surface area (Å²) in [6.07, 6.45) is 0. The van der Waals surface area contributed by atoms with Crippen LogP contribution < -0.4 is 0 Å². The molecular weight excluding hydrogens is 444 g/mol. The Morgan fingerprint density at radius 1 is 0.667 bits per heavy atom. The Kier molecular flexibility index (Phi) is 7.04. The largest absolute Gasteiger partial charge is 0.273 e. The van der Waals surface area contributed by atoms with E-state index in [1.807, 2.05) is 13.8 Å². The van der Waals surface area contributed by atoms with Crippen molar-refractivity contribution in [2.75, 3.05) is 0 Å². The van der Waals surface area contributed by atoms with Crippen LogP contribution in [0.1, 0.15) is 22.3 Å². The Labute approximate surface area is 156 Å². The lowest BCUT2D eigenvalue weighted by Crippen LogP contribution is -1.92. The highest BCUT2D eigenvalue weighted by molar-refractivity contribution is 9.10. The SMILES string of the molecule is Cc1cc(C)c([N+](=O)[O-])cc1Br.Cc1cc(C)c([N+](=O)[O-])cc1Br. The number of halogens is 2. The molecule has 2 aromatic rings. The Morgan fingerprint density at radius 3 is 1.21 bits per heavy atom. The maximum atomic E-state index is 10.5. The molecule has 6 nitrogen and oxygen atoms in total. The topological polar surface area (TPSA) is 86.3 Å². The summed E-state index contributed by atoms with van der Waals surface area (Å²) in [6.45, 7) is 7.27. The highest BCUT2D eigenvalue weighted by atomic mass is 79.9. The van der Waals surface area contributed by atoms with E-state index in [0.717, 1.165) is 20.1 Å². The highest BCUT2D eigenvalue weighted by Crippen LogP contribution is 2.26. The van der Waals surface area contributed by atoms with E-state index in [2.05, 4.69) is 31.9 Å². The van der Waals surface area contributed by atoms with E-state index in [4.69, 9.17) is 0 Å². The molecule has 0 saturated heterocycles. The summed E-state index contributed by atoms with van der Waals surface area (Å²) >= 11 is 6.49. The Hall–Kier alpha value is -1.80. The van der Waals surface area contributed by atoms with Gasteiger partial charge in [0.25, 0.3) is 11.4 Å². The molecule has 0 fully saturated rings. The van der Waals surface area contributed by atoms with Crippen LogP contribution in [0.15, 0.2) is 33.2 Å². The molecule has 0 aliphatic heterocycles. The van der Waals surface area contributed by atoms with Crippen LogP contribution in [-0.2, 0) is 0 Å². The van der Waals surface area contributed by atoms with Crippen molar-refractivity contribution in [3.63, 3.8) is 0 Å². The molecule has 0 aromatic heterocycles. The van der Waals surface area contributed by atoms with Crippen LogP contribution in [0.5, 0.6) is 0 Å². The molecule has 0 unspecified atom stereocenters. The maximum Gasteiger partial charge on any atom is 0.273 e. The normalized spacial score (nSPS) is 9.92. The number of nitrogens with zero attached hydrogens (tertiary/aromatic N) is 2. The van der Waals surface area contributed by atoms with Gasteiger partial charge < -0.3 is 0 Å². The molecule has 0 bridgehead atoms. The van der Waals surface area contributed by atoms with Crippen molar-refractivity contribution in [2.45, 2.75) is 27.7 Å². The summed E-state index contributed by atoms with van der Waals surface area (Å²) < 4.78 is 1.56. The first-order valence-corrected chi connectivity index (χ1v) is 8.45. The number of hydrogen-bond donors (Lipinski definition) is 0. The van der Waals surface area contributed by atoms with Gasteiger partial charge in [-0.15, -0.1) is 0 Å². The smallest absolute Gasteiger partial charge is 0.258 e. The first-order chi connectivity index (χ1) is 11.0. The summed E-state index contributed by atoms with van der Waals surface area (Å²) in [4.78, 5) is 20.2. The summed E-state index contributed by atoms with van der Waals surface area (Å²) in [7, 11) is 0. The highest BCUT2D eigenvalue weighted by Gasteiger charge is 2.12. The van der Waals surface area contributed by atoms with Crippen LogP contribution in [-0.4, -0.2) is 9.85 Å². The molecule has 0 aliphatic carbocycles. The van der Waals surface area contributed by atoms with Crippen molar-refractivity contribution in [1.29, 1.82) is 0 Å². The van der Waals surface area contributed by atoms with Crippen molar-refractivity contribution < 1.29 is 9.85 Å². The van der Waals surface area contributed by atoms with Gasteiger partial charge in [-0.25, -0.2) is 0 Å². The second kappa shape index (κ2) is 8.34. The third kappa shape index (κ3) is 5.10. The number of rotatable bonds is 2. The van der Waals surface area contributed by atoms with Crippen molar-refractivity contribution >= 4 is 43.2 Å². The minimum atomic E-state index is -0.375. The number of hydrogen-bond acceptors (Lipinski definition) is 4. The number of nitro groups is 2. The number of nitro benzene ring substituents is 2. The van der Waals surface area contributed by atoms with E-state index in [0.29, 0.717) is 11.1 Å². The van der Waals surface area contributed by atoms with Crippen LogP contribution in [0.4, 0.5) is 11.4 Å². The minimum Gasteiger partial charge on any atom is -0.258 e. The predicted molar refractivity (Wildman–Crippen MR) is 101 cm³/mol. The summed E-state index contributed by atoms with van der Waals surface area (Å²) in [5, 5.41) is 20.9. The fourth-order valence-electron chi connectivity index (χ4n) is 2.02. The van der Waals surface area contributed by atoms with Crippen LogP contribution in [0.25, 0.3) is 0 Å². The predicted octanol–water partition coefficient (Wildman–Crippen LogP) is 5.95. The van der Waals surface area contributed by atoms with Gasteiger partial charge in [-0.3, -0.25) is 20.2 Å². The monoisotopic (exact) mass is 458 g/mol. The zero-order chi connectivity index (χ0) is 18.6. The van der Waals surface area contributed by atoms with E-state index in [1.54, 1.807) is 26.0 Å². The van der Waals surface area contributed by atoms with Crippen molar-refractivity contribution in [2.24, 2.45) is 0 Å². The fraction of sp³-hybridized carbons (Fsp3) is 0.250. The van der Waals surface area contributed by atoms with E-state index in [9.17, 15) is 20.2 Å². The van der Waals surface area contributed by atoms with Gasteiger partial charge in [-0.2, -0.15) is 0 Å². The Morgan fingerprint density at radius 2 is 0.958 bits per heavy atom. The van der Waals surface area contributed by atoms with Crippen molar-refractivity contribution in [1.82, 2.24) is 0 Å². The zero-order valence-electron chi connectivity index (χ0n) is 13.6. The third-order valence-corrected chi connectivity index (χ3v) is 5.06. The molecular formula is C16H16Br2N2O4. The van der Waals surface area contributed by atoms with E-state index in [-0.39, 0.29) is 21.2 Å². The Bertz CT molecular complexity index is 740. The standard InChI is InChI=1S/2C8H8BrNO2/c2*1-5-3-6(2)8(10(11)12)4-7(5)9/h2*3-4H,1-2H3. The lowest BCUT2D eigenvalue weighted by atomic mass is 10.1. The minimum absolute atomic E-state index is 0.160. The molecule has 0 aliphatic rings. The van der Waals surface area contributed by atoms with Gasteiger partial charge in [0.05, 0.1) is 9.85 Å². The van der Waals surface area contributed by atoms with Crippen LogP contribution in [0.2, 0.25) is 0 Å². The van der Waals surface area contributed by atoms with Gasteiger partial charge in [-0.05, 0) is 51.0 Å². The van der Waals surface area contributed by atoms with Gasteiger partial charge in [0, 0.05) is 32.2 Å². The van der Waals surface area contributed by atoms with E-state index < -0.39 is 0 Å². The van der Waals surface area contributed by atoms with Crippen LogP contribution >= 0.6 is 31.9 Å². The average Bonchev–Trinajstić information content (AvgIpc) is 2.46. The molecule has 128 valence electrons. The van der Waals surface area contributed by atoms with Crippen LogP contribution in [0, 0.1) is 47.9 Å². The second-order valence-electron chi connectivity index (χ2n) is 5.29. The van der Waals surface area contributed by atoms with Gasteiger partial charge in [-0.1, -0.05) is 31.9 Å². The first-order valence-electron chi connectivity index (χ1n) is 6.86. The number of aryl methyl sites for hydroxylation is 4. The summed E-state index contributed by atoms with van der Waals surface area (Å²) in [5.41, 5.74) is 3.73. The van der Waals surface area contributed by atoms with Gasteiger partial charge in [0.15, 0.2) is 0 Å². The molecule has 0 heterocycles. The van der Waals surface area contributed by atoms with Gasteiger partial charge in [0.2, 0.25) is 0 Å². The maximum absolute atomic E-state index is 10.5. The van der Waals surface area contributed by atoms with Crippen molar-refractivity contribution in [3.05, 3.63) is 75.7 Å². The quantitative estimate of drug-likeness (QED) is 0.410. The van der Waals surface area contributed by atoms with Gasteiger partial charge in [0.1, 0.15) is 0 Å². The third-order valence-electron chi connectivity index (χ3n) is 3.35. The van der Waals surface area contributed by atoms with E-state index in [1.165, 1.54) is 12.1 Å². The molecule has 0 radical (unpaired) electrons.